The first kappa shape index (κ1) is 23.1. The van der Waals surface area contributed by atoms with E-state index in [2.05, 4.69) is 26.5 Å². The molecule has 9 heteroatoms. The lowest BCUT2D eigenvalue weighted by molar-refractivity contribution is -0.121. The molecule has 1 amide bonds. The number of hydrogen-bond donors (Lipinski definition) is 1. The van der Waals surface area contributed by atoms with Crippen molar-refractivity contribution in [1.29, 1.82) is 0 Å². The zero-order chi connectivity index (χ0) is 22.3. The fourth-order valence-corrected chi connectivity index (χ4v) is 4.66. The molecule has 3 rings (SSSR count). The van der Waals surface area contributed by atoms with E-state index in [1.165, 1.54) is 30.5 Å². The molecule has 1 N–H and O–H groups in total. The highest BCUT2D eigenvalue weighted by Gasteiger charge is 2.26. The highest BCUT2D eigenvalue weighted by Crippen LogP contribution is 2.20. The Labute approximate surface area is 194 Å². The summed E-state index contributed by atoms with van der Waals surface area (Å²) in [5.41, 5.74) is 3.92. The number of amides is 1. The molecule has 0 aromatic heterocycles. The number of nitrogens with one attached hydrogen (secondary N) is 1. The fraction of sp³-hybridized carbons (Fsp3) is 0.0909. The number of sulfonamides is 1. The first-order chi connectivity index (χ1) is 14.8. The summed E-state index contributed by atoms with van der Waals surface area (Å²) in [6.07, 6.45) is 1.48. The summed E-state index contributed by atoms with van der Waals surface area (Å²) in [5.74, 6) is -0.556. The Morgan fingerprint density at radius 1 is 1.03 bits per heavy atom. The van der Waals surface area contributed by atoms with E-state index in [9.17, 15) is 13.2 Å². The van der Waals surface area contributed by atoms with E-state index in [4.69, 9.17) is 11.6 Å². The maximum atomic E-state index is 13.2. The second kappa shape index (κ2) is 10.7. The molecular formula is C22H19BrClN3O3S. The van der Waals surface area contributed by atoms with Crippen molar-refractivity contribution < 1.29 is 13.2 Å². The van der Waals surface area contributed by atoms with Crippen molar-refractivity contribution in [2.45, 2.75) is 11.4 Å². The topological polar surface area (TPSA) is 78.8 Å². The van der Waals surface area contributed by atoms with Crippen molar-refractivity contribution >= 4 is 49.7 Å². The Kier molecular flexibility index (Phi) is 7.97. The van der Waals surface area contributed by atoms with Crippen molar-refractivity contribution in [2.75, 3.05) is 6.54 Å². The molecule has 0 unspecified atom stereocenters. The highest BCUT2D eigenvalue weighted by atomic mass is 79.9. The van der Waals surface area contributed by atoms with Crippen LogP contribution in [0.2, 0.25) is 5.02 Å². The lowest BCUT2D eigenvalue weighted by atomic mass is 10.2. The predicted octanol–water partition coefficient (Wildman–Crippen LogP) is 4.44. The van der Waals surface area contributed by atoms with Crippen LogP contribution >= 0.6 is 27.5 Å². The second-order valence-corrected chi connectivity index (χ2v) is 9.85. The number of carbonyl (C=O) groups is 1. The van der Waals surface area contributed by atoms with Gasteiger partial charge in [-0.15, -0.1) is 0 Å². The van der Waals surface area contributed by atoms with Crippen molar-refractivity contribution in [3.05, 3.63) is 99.5 Å². The third kappa shape index (κ3) is 6.73. The van der Waals surface area contributed by atoms with E-state index in [1.54, 1.807) is 12.1 Å². The molecule has 6 nitrogen and oxygen atoms in total. The van der Waals surface area contributed by atoms with Crippen LogP contribution in [-0.4, -0.2) is 31.4 Å². The van der Waals surface area contributed by atoms with Crippen molar-refractivity contribution in [3.8, 4) is 0 Å². The standard InChI is InChI=1S/C22H19BrClN3O3S/c23-19-8-4-7-18(13-19)14-25-26-22(28)16-27(15-17-5-2-1-3-6-17)31(29,30)21-11-9-20(24)10-12-21/h1-14H,15-16H2,(H,26,28)/b25-14-. The van der Waals surface area contributed by atoms with Gasteiger partial charge in [-0.25, -0.2) is 13.8 Å². The minimum absolute atomic E-state index is 0.0363. The quantitative estimate of drug-likeness (QED) is 0.352. The summed E-state index contributed by atoms with van der Waals surface area (Å²) in [6.45, 7) is -0.357. The zero-order valence-electron chi connectivity index (χ0n) is 16.3. The minimum atomic E-state index is -3.94. The molecule has 0 radical (unpaired) electrons. The van der Waals surface area contributed by atoms with Crippen LogP contribution in [0.4, 0.5) is 0 Å². The van der Waals surface area contributed by atoms with Gasteiger partial charge in [0.15, 0.2) is 0 Å². The Balaban J connectivity index is 1.77. The van der Waals surface area contributed by atoms with Crippen molar-refractivity contribution in [3.63, 3.8) is 0 Å². The van der Waals surface area contributed by atoms with E-state index in [1.807, 2.05) is 42.5 Å². The van der Waals surface area contributed by atoms with Gasteiger partial charge in [0.05, 0.1) is 17.7 Å². The molecule has 0 bridgehead atoms. The summed E-state index contributed by atoms with van der Waals surface area (Å²) in [5, 5.41) is 4.35. The largest absolute Gasteiger partial charge is 0.272 e. The molecule has 0 aliphatic heterocycles. The molecule has 0 fully saturated rings. The van der Waals surface area contributed by atoms with Gasteiger partial charge in [0.25, 0.3) is 5.91 Å². The van der Waals surface area contributed by atoms with E-state index in [-0.39, 0.29) is 11.4 Å². The number of rotatable bonds is 8. The van der Waals surface area contributed by atoms with Crippen LogP contribution in [0.25, 0.3) is 0 Å². The average Bonchev–Trinajstić information content (AvgIpc) is 2.74. The number of halogens is 2. The molecule has 0 aliphatic carbocycles. The molecule has 0 spiro atoms. The highest BCUT2D eigenvalue weighted by molar-refractivity contribution is 9.10. The maximum Gasteiger partial charge on any atom is 0.255 e. The lowest BCUT2D eigenvalue weighted by Gasteiger charge is -2.21. The van der Waals surface area contributed by atoms with Crippen molar-refractivity contribution in [2.24, 2.45) is 5.10 Å². The van der Waals surface area contributed by atoms with Crippen LogP contribution < -0.4 is 5.43 Å². The van der Waals surface area contributed by atoms with Crippen LogP contribution in [-0.2, 0) is 21.4 Å². The molecule has 31 heavy (non-hydrogen) atoms. The number of hydrazone groups is 1. The molecule has 0 saturated carbocycles. The Bertz CT molecular complexity index is 1170. The van der Waals surface area contributed by atoms with Gasteiger partial charge in [0, 0.05) is 16.0 Å². The van der Waals surface area contributed by atoms with E-state index in [0.29, 0.717) is 5.02 Å². The number of hydrogen-bond acceptors (Lipinski definition) is 4. The zero-order valence-corrected chi connectivity index (χ0v) is 19.4. The molecule has 0 aliphatic rings. The van der Waals surface area contributed by atoms with Crippen LogP contribution in [0.3, 0.4) is 0 Å². The predicted molar refractivity (Wildman–Crippen MR) is 125 cm³/mol. The smallest absolute Gasteiger partial charge is 0.255 e. The molecule has 160 valence electrons. The van der Waals surface area contributed by atoms with E-state index >= 15 is 0 Å². The van der Waals surface area contributed by atoms with Crippen LogP contribution in [0.15, 0.2) is 93.3 Å². The Hall–Kier alpha value is -2.52. The number of benzene rings is 3. The average molecular weight is 521 g/mol. The number of carbonyl (C=O) groups excluding carboxylic acids is 1. The minimum Gasteiger partial charge on any atom is -0.272 e. The second-order valence-electron chi connectivity index (χ2n) is 6.56. The molecule has 0 atom stereocenters. The third-order valence-electron chi connectivity index (χ3n) is 4.22. The Morgan fingerprint density at radius 2 is 1.74 bits per heavy atom. The lowest BCUT2D eigenvalue weighted by Crippen LogP contribution is -2.39. The first-order valence-corrected chi connectivity index (χ1v) is 11.8. The van der Waals surface area contributed by atoms with Crippen LogP contribution in [0.1, 0.15) is 11.1 Å². The monoisotopic (exact) mass is 519 g/mol. The van der Waals surface area contributed by atoms with E-state index in [0.717, 1.165) is 19.9 Å². The van der Waals surface area contributed by atoms with Gasteiger partial charge in [-0.2, -0.15) is 9.41 Å². The summed E-state index contributed by atoms with van der Waals surface area (Å²) in [6, 6.07) is 22.3. The van der Waals surface area contributed by atoms with Gasteiger partial charge in [-0.3, -0.25) is 4.79 Å². The molecule has 3 aromatic carbocycles. The van der Waals surface area contributed by atoms with Crippen LogP contribution in [0.5, 0.6) is 0 Å². The van der Waals surface area contributed by atoms with Gasteiger partial charge in [0.1, 0.15) is 0 Å². The normalized spacial score (nSPS) is 11.7. The molecule has 3 aromatic rings. The summed E-state index contributed by atoms with van der Waals surface area (Å²) >= 11 is 9.25. The SMILES string of the molecule is O=C(CN(Cc1ccccc1)S(=O)(=O)c1ccc(Cl)cc1)N/N=C\c1cccc(Br)c1. The van der Waals surface area contributed by atoms with Gasteiger partial charge < -0.3 is 0 Å². The third-order valence-corrected chi connectivity index (χ3v) is 6.78. The van der Waals surface area contributed by atoms with Crippen LogP contribution in [0, 0.1) is 0 Å². The van der Waals surface area contributed by atoms with Gasteiger partial charge >= 0.3 is 0 Å². The van der Waals surface area contributed by atoms with Gasteiger partial charge in [-0.1, -0.05) is 70.0 Å². The summed E-state index contributed by atoms with van der Waals surface area (Å²) in [7, 11) is -3.94. The summed E-state index contributed by atoms with van der Waals surface area (Å²) < 4.78 is 28.3. The number of nitrogens with zero attached hydrogens (tertiary/aromatic N) is 2. The molecule has 0 heterocycles. The fourth-order valence-electron chi connectivity index (χ4n) is 2.73. The van der Waals surface area contributed by atoms with Gasteiger partial charge in [-0.05, 0) is 47.5 Å². The van der Waals surface area contributed by atoms with Gasteiger partial charge in [0.2, 0.25) is 10.0 Å². The van der Waals surface area contributed by atoms with E-state index < -0.39 is 22.5 Å². The van der Waals surface area contributed by atoms with Crippen molar-refractivity contribution in [1.82, 2.24) is 9.73 Å². The maximum absolute atomic E-state index is 13.2. The Morgan fingerprint density at radius 3 is 2.42 bits per heavy atom. The first-order valence-electron chi connectivity index (χ1n) is 9.22. The molecular weight excluding hydrogens is 502 g/mol. The summed E-state index contributed by atoms with van der Waals surface area (Å²) in [4.78, 5) is 12.5. The molecule has 0 saturated heterocycles.